The highest BCUT2D eigenvalue weighted by atomic mass is 16.8. The maximum atomic E-state index is 11.1. The van der Waals surface area contributed by atoms with Crippen LogP contribution in [-0.2, 0) is 23.9 Å². The molecule has 0 bridgehead atoms. The van der Waals surface area contributed by atoms with Crippen molar-refractivity contribution in [2.45, 2.75) is 18.9 Å². The number of aldehydes is 1. The minimum atomic E-state index is -1.86. The maximum Gasteiger partial charge on any atom is 0.362 e. The summed E-state index contributed by atoms with van der Waals surface area (Å²) in [6, 6.07) is -0.954. The third-order valence-electron chi connectivity index (χ3n) is 1.55. The molecule has 2 N–H and O–H groups in total. The molecule has 0 radical (unpaired) electrons. The van der Waals surface area contributed by atoms with Crippen LogP contribution < -0.4 is 5.32 Å². The van der Waals surface area contributed by atoms with Crippen molar-refractivity contribution in [3.8, 4) is 0 Å². The topological polar surface area (TPSA) is 102 Å². The van der Waals surface area contributed by atoms with Gasteiger partial charge in [-0.25, -0.2) is 0 Å². The fraction of sp³-hybridized carbons (Fsp3) is 0.571. The fourth-order valence-electron chi connectivity index (χ4n) is 0.962. The summed E-state index contributed by atoms with van der Waals surface area (Å²) >= 11 is 0. The van der Waals surface area contributed by atoms with Crippen LogP contribution >= 0.6 is 0 Å². The second-order valence-corrected chi connectivity index (χ2v) is 2.57. The summed E-state index contributed by atoms with van der Waals surface area (Å²) in [5.74, 6) is -1.60. The molecular weight excluding hydrogens is 194 g/mol. The van der Waals surface area contributed by atoms with E-state index in [1.54, 1.807) is 0 Å². The molecule has 0 spiro atoms. The average molecular weight is 203 g/mol. The summed E-state index contributed by atoms with van der Waals surface area (Å²) < 4.78 is 8.52. The third-order valence-corrected chi connectivity index (χ3v) is 1.55. The third kappa shape index (κ3) is 2.79. The zero-order valence-corrected chi connectivity index (χ0v) is 7.13. The van der Waals surface area contributed by atoms with Gasteiger partial charge in [0, 0.05) is 0 Å². The molecule has 1 rings (SSSR count). The molecule has 0 saturated carbocycles. The molecule has 2 atom stereocenters. The summed E-state index contributed by atoms with van der Waals surface area (Å²) in [5, 5.41) is 11.2. The van der Waals surface area contributed by atoms with Crippen molar-refractivity contribution >= 4 is 18.2 Å². The van der Waals surface area contributed by atoms with Gasteiger partial charge in [-0.05, 0) is 0 Å². The predicted molar refractivity (Wildman–Crippen MR) is 40.7 cm³/mol. The van der Waals surface area contributed by atoms with Gasteiger partial charge in [0.1, 0.15) is 12.3 Å². The number of carbonyl (C=O) groups excluding carboxylic acids is 3. The van der Waals surface area contributed by atoms with E-state index in [1.807, 2.05) is 0 Å². The Morgan fingerprint density at radius 3 is 2.86 bits per heavy atom. The summed E-state index contributed by atoms with van der Waals surface area (Å²) in [6.45, 7) is -1.94. The zero-order valence-electron chi connectivity index (χ0n) is 7.13. The first-order valence-corrected chi connectivity index (χ1v) is 3.88. The van der Waals surface area contributed by atoms with Gasteiger partial charge in [-0.1, -0.05) is 0 Å². The lowest BCUT2D eigenvalue weighted by Gasteiger charge is -2.10. The molecule has 1 unspecified atom stereocenters. The number of rotatable bonds is 3. The summed E-state index contributed by atoms with van der Waals surface area (Å²) in [7, 11) is 0. The molecule has 7 heteroatoms. The molecule has 1 aliphatic heterocycles. The number of aliphatic hydroxyl groups is 1. The van der Waals surface area contributed by atoms with E-state index >= 15 is 0 Å². The van der Waals surface area contributed by atoms with Crippen LogP contribution in [0.5, 0.6) is 0 Å². The lowest BCUT2D eigenvalue weighted by Crippen LogP contribution is -2.39. The minimum absolute atomic E-state index is 0.0802. The number of cyclic esters (lactones) is 2. The van der Waals surface area contributed by atoms with E-state index in [9.17, 15) is 14.4 Å². The van der Waals surface area contributed by atoms with Gasteiger partial charge in [0.2, 0.25) is 0 Å². The Hall–Kier alpha value is -1.47. The van der Waals surface area contributed by atoms with E-state index in [0.29, 0.717) is 6.29 Å². The highest BCUT2D eigenvalue weighted by Crippen LogP contribution is 2.07. The number of nitrogens with one attached hydrogen (secondary N) is 1. The Balaban J connectivity index is 2.59. The Morgan fingerprint density at radius 1 is 1.50 bits per heavy atom. The lowest BCUT2D eigenvalue weighted by molar-refractivity contribution is -0.240. The van der Waals surface area contributed by atoms with Crippen LogP contribution in [0.4, 0.5) is 0 Å². The Bertz CT molecular complexity index is 253. The smallest absolute Gasteiger partial charge is 0.362 e. The highest BCUT2D eigenvalue weighted by molar-refractivity contribution is 5.84. The van der Waals surface area contributed by atoms with Gasteiger partial charge in [0.15, 0.2) is 0 Å². The minimum Gasteiger partial charge on any atom is -0.400 e. The van der Waals surface area contributed by atoms with Crippen molar-refractivity contribution < 1.29 is 29.0 Å². The van der Waals surface area contributed by atoms with Crippen LogP contribution in [0.1, 0.15) is 6.42 Å². The van der Waals surface area contributed by atoms with Gasteiger partial charge in [-0.2, -0.15) is 0 Å². The number of aliphatic hydroxyl groups excluding tert-OH is 1. The van der Waals surface area contributed by atoms with E-state index in [4.69, 9.17) is 5.11 Å². The summed E-state index contributed by atoms with van der Waals surface area (Å²) in [4.78, 5) is 32.0. The van der Waals surface area contributed by atoms with E-state index in [0.717, 1.165) is 0 Å². The Labute approximate surface area is 79.0 Å². The molecule has 0 aliphatic carbocycles. The largest absolute Gasteiger partial charge is 0.400 e. The predicted octanol–water partition coefficient (Wildman–Crippen LogP) is -2.09. The van der Waals surface area contributed by atoms with Crippen LogP contribution in [0.3, 0.4) is 0 Å². The maximum absolute atomic E-state index is 11.1. The van der Waals surface area contributed by atoms with Gasteiger partial charge < -0.3 is 19.4 Å². The molecule has 14 heavy (non-hydrogen) atoms. The first-order chi connectivity index (χ1) is 6.63. The molecule has 7 nitrogen and oxygen atoms in total. The lowest BCUT2D eigenvalue weighted by atomic mass is 10.2. The van der Waals surface area contributed by atoms with E-state index in [-0.39, 0.29) is 13.0 Å². The highest BCUT2D eigenvalue weighted by Gasteiger charge is 2.31. The zero-order chi connectivity index (χ0) is 10.6. The second-order valence-electron chi connectivity index (χ2n) is 2.57. The number of esters is 2. The first-order valence-electron chi connectivity index (χ1n) is 3.88. The molecule has 1 aliphatic rings. The van der Waals surface area contributed by atoms with Crippen molar-refractivity contribution in [2.24, 2.45) is 0 Å². The molecule has 0 aromatic heterocycles. The molecule has 1 heterocycles. The van der Waals surface area contributed by atoms with Gasteiger partial charge in [0.25, 0.3) is 0 Å². The summed E-state index contributed by atoms with van der Waals surface area (Å²) in [6.07, 6.45) is 0.268. The van der Waals surface area contributed by atoms with Gasteiger partial charge in [-0.3, -0.25) is 14.9 Å². The number of carbonyl (C=O) groups is 3. The molecule has 78 valence electrons. The quantitative estimate of drug-likeness (QED) is 0.400. The van der Waals surface area contributed by atoms with Crippen molar-refractivity contribution in [1.82, 2.24) is 5.32 Å². The van der Waals surface area contributed by atoms with Crippen LogP contribution in [-0.4, -0.2) is 42.4 Å². The molecule has 0 amide bonds. The van der Waals surface area contributed by atoms with Crippen molar-refractivity contribution in [1.29, 1.82) is 0 Å². The van der Waals surface area contributed by atoms with Crippen LogP contribution in [0.15, 0.2) is 0 Å². The van der Waals surface area contributed by atoms with Crippen LogP contribution in [0.2, 0.25) is 0 Å². The van der Waals surface area contributed by atoms with Gasteiger partial charge in [0.05, 0.1) is 13.0 Å². The van der Waals surface area contributed by atoms with Crippen LogP contribution in [0, 0.1) is 0 Å². The van der Waals surface area contributed by atoms with Gasteiger partial charge >= 0.3 is 18.4 Å². The van der Waals surface area contributed by atoms with Crippen LogP contribution in [0.25, 0.3) is 0 Å². The fourth-order valence-corrected chi connectivity index (χ4v) is 0.962. The molecule has 0 aromatic carbocycles. The van der Waals surface area contributed by atoms with Gasteiger partial charge in [-0.15, -0.1) is 0 Å². The number of ether oxygens (including phenoxy) is 2. The molecule has 1 saturated heterocycles. The molecule has 1 fully saturated rings. The Kier molecular flexibility index (Phi) is 3.55. The van der Waals surface area contributed by atoms with E-state index in [1.165, 1.54) is 0 Å². The number of hydrogen-bond acceptors (Lipinski definition) is 7. The van der Waals surface area contributed by atoms with E-state index < -0.39 is 24.5 Å². The number of hydrogen-bond donors (Lipinski definition) is 2. The SMILES string of the molecule is O=CCNC1CC(=O)O[C@@H](O)OC1=O. The Morgan fingerprint density at radius 2 is 2.21 bits per heavy atom. The average Bonchev–Trinajstić information content (AvgIpc) is 2.21. The second kappa shape index (κ2) is 4.68. The van der Waals surface area contributed by atoms with Crippen molar-refractivity contribution in [3.05, 3.63) is 0 Å². The molecular formula is C7H9NO6. The van der Waals surface area contributed by atoms with E-state index in [2.05, 4.69) is 14.8 Å². The standard InChI is InChI=1S/C7H9NO6/c9-2-1-8-4-3-5(10)13-7(12)14-6(4)11/h2,4,7-8,12H,1,3H2/t4?,7-/m1/s1. The van der Waals surface area contributed by atoms with Crippen molar-refractivity contribution in [3.63, 3.8) is 0 Å². The normalized spacial score (nSPS) is 27.5. The summed E-state index contributed by atoms with van der Waals surface area (Å²) in [5.41, 5.74) is 0. The first kappa shape index (κ1) is 10.6. The monoisotopic (exact) mass is 203 g/mol. The van der Waals surface area contributed by atoms with Crippen molar-refractivity contribution in [2.75, 3.05) is 6.54 Å². The molecule has 0 aromatic rings.